The monoisotopic (exact) mass is 284 g/mol. The summed E-state index contributed by atoms with van der Waals surface area (Å²) in [5.41, 5.74) is 0.222. The largest absolute Gasteiger partial charge is 0.416 e. The summed E-state index contributed by atoms with van der Waals surface area (Å²) in [6, 6.07) is 5.54. The molecule has 1 atom stereocenters. The maximum absolute atomic E-state index is 13.0. The number of hydrogen-bond acceptors (Lipinski definition) is 1. The molecule has 0 amide bonds. The molecule has 0 aromatic heterocycles. The molecular formula is C15H17F3NO+. The van der Waals surface area contributed by atoms with Crippen LogP contribution in [0.2, 0.25) is 0 Å². The van der Waals surface area contributed by atoms with E-state index in [9.17, 15) is 18.3 Å². The molecule has 2 nitrogen and oxygen atoms in total. The highest BCUT2D eigenvalue weighted by molar-refractivity contribution is 5.57. The third kappa shape index (κ3) is 2.36. The summed E-state index contributed by atoms with van der Waals surface area (Å²) in [6.07, 6.45) is -1.52. The van der Waals surface area contributed by atoms with Gasteiger partial charge in [-0.25, -0.2) is 0 Å². The number of hydrogen-bond donors (Lipinski definition) is 2. The number of benzene rings is 1. The Morgan fingerprint density at radius 2 is 1.80 bits per heavy atom. The van der Waals surface area contributed by atoms with E-state index < -0.39 is 17.8 Å². The van der Waals surface area contributed by atoms with Crippen LogP contribution in [-0.4, -0.2) is 24.3 Å². The van der Waals surface area contributed by atoms with E-state index in [1.54, 1.807) is 6.07 Å². The van der Waals surface area contributed by atoms with Crippen molar-refractivity contribution in [1.29, 1.82) is 0 Å². The average molecular weight is 284 g/mol. The highest BCUT2D eigenvalue weighted by Crippen LogP contribution is 2.33. The molecule has 3 heterocycles. The zero-order valence-electron chi connectivity index (χ0n) is 11.0. The van der Waals surface area contributed by atoms with Crippen LogP contribution in [0.4, 0.5) is 13.2 Å². The summed E-state index contributed by atoms with van der Waals surface area (Å²) in [4.78, 5) is 1.12. The van der Waals surface area contributed by atoms with Gasteiger partial charge in [-0.2, -0.15) is 13.2 Å². The van der Waals surface area contributed by atoms with Gasteiger partial charge in [0.1, 0.15) is 11.8 Å². The minimum atomic E-state index is -4.36. The van der Waals surface area contributed by atoms with Crippen molar-refractivity contribution in [2.75, 3.05) is 13.1 Å². The number of quaternary nitrogens is 1. The summed E-state index contributed by atoms with van der Waals surface area (Å²) in [5.74, 6) is 0.205. The Labute approximate surface area is 115 Å². The molecule has 0 aliphatic carbocycles. The zero-order chi connectivity index (χ0) is 14.3. The standard InChI is InChI=1S/C15H16F3NO/c16-15(17,18)12-4-2-1-3-11(12)9-13-14(20)10-5-7-19(13)8-6-10/h1-4,9-10,14,20H,5-8H2/p+1/b13-9-/t14-/m0/s1. The van der Waals surface area contributed by atoms with E-state index in [4.69, 9.17) is 0 Å². The van der Waals surface area contributed by atoms with E-state index in [0.29, 0.717) is 5.70 Å². The number of rotatable bonds is 1. The molecule has 4 rings (SSSR count). The molecule has 3 fully saturated rings. The fourth-order valence-electron chi connectivity index (χ4n) is 3.29. The van der Waals surface area contributed by atoms with Crippen molar-refractivity contribution in [2.24, 2.45) is 5.92 Å². The van der Waals surface area contributed by atoms with Gasteiger partial charge in [-0.15, -0.1) is 0 Å². The van der Waals surface area contributed by atoms with Gasteiger partial charge < -0.3 is 10.0 Å². The highest BCUT2D eigenvalue weighted by atomic mass is 19.4. The van der Waals surface area contributed by atoms with E-state index in [0.717, 1.165) is 36.9 Å². The summed E-state index contributed by atoms with van der Waals surface area (Å²) in [7, 11) is 0. The lowest BCUT2D eigenvalue weighted by Gasteiger charge is -2.41. The van der Waals surface area contributed by atoms with E-state index in [-0.39, 0.29) is 11.5 Å². The first kappa shape index (κ1) is 13.6. The second-order valence-corrected chi connectivity index (χ2v) is 5.57. The predicted octanol–water partition coefficient (Wildman–Crippen LogP) is 1.72. The molecular weight excluding hydrogens is 267 g/mol. The van der Waals surface area contributed by atoms with Crippen LogP contribution in [0.25, 0.3) is 6.08 Å². The summed E-state index contributed by atoms with van der Waals surface area (Å²) >= 11 is 0. The Balaban J connectivity index is 2.00. The van der Waals surface area contributed by atoms with Gasteiger partial charge in [0.05, 0.1) is 18.7 Å². The number of aliphatic hydroxyl groups excluding tert-OH is 1. The second-order valence-electron chi connectivity index (χ2n) is 5.57. The second kappa shape index (κ2) is 4.90. The molecule has 0 radical (unpaired) electrons. The molecule has 0 unspecified atom stereocenters. The lowest BCUT2D eigenvalue weighted by molar-refractivity contribution is -0.880. The van der Waals surface area contributed by atoms with Gasteiger partial charge in [-0.05, 0) is 11.6 Å². The Morgan fingerprint density at radius 1 is 1.15 bits per heavy atom. The van der Waals surface area contributed by atoms with Crippen molar-refractivity contribution in [2.45, 2.75) is 25.1 Å². The molecule has 3 aliphatic rings. The SMILES string of the molecule is O[C@@H]1/C(=C/c2ccccc2C(F)(F)F)[NH+]2CCC1CC2. The Hall–Kier alpha value is -1.33. The van der Waals surface area contributed by atoms with E-state index in [2.05, 4.69) is 0 Å². The lowest BCUT2D eigenvalue weighted by atomic mass is 9.83. The molecule has 2 N–H and O–H groups in total. The van der Waals surface area contributed by atoms with Gasteiger partial charge in [0, 0.05) is 24.8 Å². The maximum Gasteiger partial charge on any atom is 0.416 e. The first-order valence-electron chi connectivity index (χ1n) is 6.88. The fourth-order valence-corrected chi connectivity index (χ4v) is 3.29. The van der Waals surface area contributed by atoms with E-state index in [1.165, 1.54) is 18.2 Å². The number of aliphatic hydroxyl groups is 1. The van der Waals surface area contributed by atoms with Crippen molar-refractivity contribution < 1.29 is 23.2 Å². The normalized spacial score (nSPS) is 31.8. The molecule has 3 saturated heterocycles. The molecule has 0 saturated carbocycles. The molecule has 3 aliphatic heterocycles. The van der Waals surface area contributed by atoms with Crippen molar-refractivity contribution in [3.05, 3.63) is 41.1 Å². The van der Waals surface area contributed by atoms with Crippen molar-refractivity contribution in [3.8, 4) is 0 Å². The number of fused-ring (bicyclic) bond motifs is 3. The maximum atomic E-state index is 13.0. The van der Waals surface area contributed by atoms with Crippen LogP contribution in [0.3, 0.4) is 0 Å². The lowest BCUT2D eigenvalue weighted by Crippen LogP contribution is -3.14. The number of nitrogens with one attached hydrogen (secondary N) is 1. The molecule has 0 spiro atoms. The van der Waals surface area contributed by atoms with Gasteiger partial charge in [0.25, 0.3) is 0 Å². The van der Waals surface area contributed by atoms with Crippen LogP contribution in [-0.2, 0) is 6.18 Å². The van der Waals surface area contributed by atoms with Crippen LogP contribution in [0, 0.1) is 5.92 Å². The van der Waals surface area contributed by atoms with Crippen LogP contribution in [0.1, 0.15) is 24.0 Å². The zero-order valence-corrected chi connectivity index (χ0v) is 11.0. The number of halogens is 3. The number of alkyl halides is 3. The third-order valence-electron chi connectivity index (χ3n) is 4.38. The molecule has 20 heavy (non-hydrogen) atoms. The smallest absolute Gasteiger partial charge is 0.383 e. The molecule has 5 heteroatoms. The molecule has 108 valence electrons. The van der Waals surface area contributed by atoms with Gasteiger partial charge in [0.2, 0.25) is 0 Å². The Bertz CT molecular complexity index is 526. The van der Waals surface area contributed by atoms with E-state index in [1.807, 2.05) is 0 Å². The van der Waals surface area contributed by atoms with Gasteiger partial charge in [-0.1, -0.05) is 18.2 Å². The first-order valence-corrected chi connectivity index (χ1v) is 6.88. The van der Waals surface area contributed by atoms with Crippen LogP contribution in [0.15, 0.2) is 30.0 Å². The summed E-state index contributed by atoms with van der Waals surface area (Å²) in [5, 5.41) is 10.2. The minimum absolute atomic E-state index is 0.147. The first-order chi connectivity index (χ1) is 9.47. The summed E-state index contributed by atoms with van der Waals surface area (Å²) in [6.45, 7) is 1.81. The van der Waals surface area contributed by atoms with Gasteiger partial charge >= 0.3 is 6.18 Å². The van der Waals surface area contributed by atoms with Gasteiger partial charge in [-0.3, -0.25) is 0 Å². The van der Waals surface area contributed by atoms with E-state index >= 15 is 0 Å². The quantitative estimate of drug-likeness (QED) is 0.806. The van der Waals surface area contributed by atoms with Crippen molar-refractivity contribution >= 4 is 6.08 Å². The third-order valence-corrected chi connectivity index (χ3v) is 4.38. The molecule has 1 aromatic rings. The average Bonchev–Trinajstić information content (AvgIpc) is 2.43. The minimum Gasteiger partial charge on any atom is -0.383 e. The topological polar surface area (TPSA) is 24.7 Å². The summed E-state index contributed by atoms with van der Waals surface area (Å²) < 4.78 is 39.0. The molecule has 1 aromatic carbocycles. The van der Waals surface area contributed by atoms with Crippen molar-refractivity contribution in [3.63, 3.8) is 0 Å². The van der Waals surface area contributed by atoms with Crippen LogP contribution in [0.5, 0.6) is 0 Å². The van der Waals surface area contributed by atoms with Crippen molar-refractivity contribution in [1.82, 2.24) is 0 Å². The molecule has 2 bridgehead atoms. The Morgan fingerprint density at radius 3 is 2.40 bits per heavy atom. The predicted molar refractivity (Wildman–Crippen MR) is 68.8 cm³/mol. The van der Waals surface area contributed by atoms with Crippen LogP contribution >= 0.6 is 0 Å². The Kier molecular flexibility index (Phi) is 3.34. The van der Waals surface area contributed by atoms with Gasteiger partial charge in [0.15, 0.2) is 0 Å². The fraction of sp³-hybridized carbons (Fsp3) is 0.467. The number of piperidine rings is 3. The van der Waals surface area contributed by atoms with Crippen LogP contribution < -0.4 is 4.90 Å². The highest BCUT2D eigenvalue weighted by Gasteiger charge is 2.41.